The third-order valence-corrected chi connectivity index (χ3v) is 4.89. The van der Waals surface area contributed by atoms with E-state index in [2.05, 4.69) is 21.5 Å². The van der Waals surface area contributed by atoms with Crippen LogP contribution in [0.4, 0.5) is 0 Å². The lowest BCUT2D eigenvalue weighted by molar-refractivity contribution is -0.133. The zero-order valence-corrected chi connectivity index (χ0v) is 12.2. The van der Waals surface area contributed by atoms with Gasteiger partial charge in [-0.15, -0.1) is 0 Å². The predicted octanol–water partition coefficient (Wildman–Crippen LogP) is 2.90. The van der Waals surface area contributed by atoms with Gasteiger partial charge < -0.3 is 9.67 Å². The number of imidazole rings is 1. The molecule has 0 atom stereocenters. The van der Waals surface area contributed by atoms with Crippen molar-refractivity contribution in [2.24, 2.45) is 0 Å². The summed E-state index contributed by atoms with van der Waals surface area (Å²) in [6.45, 7) is 2.24. The zero-order valence-electron chi connectivity index (χ0n) is 11.4. The molecule has 5 nitrogen and oxygen atoms in total. The lowest BCUT2D eigenvalue weighted by Crippen LogP contribution is -2.27. The van der Waals surface area contributed by atoms with E-state index in [1.54, 1.807) is 12.4 Å². The third-order valence-electron chi connectivity index (χ3n) is 3.97. The molecule has 20 heavy (non-hydrogen) atoms. The topological polar surface area (TPSA) is 68.0 Å². The van der Waals surface area contributed by atoms with Crippen LogP contribution in [0.25, 0.3) is 11.0 Å². The quantitative estimate of drug-likeness (QED) is 0.877. The van der Waals surface area contributed by atoms with Crippen molar-refractivity contribution in [2.45, 2.75) is 43.3 Å². The van der Waals surface area contributed by atoms with Crippen molar-refractivity contribution in [3.8, 4) is 0 Å². The van der Waals surface area contributed by atoms with Gasteiger partial charge in [0.1, 0.15) is 5.52 Å². The van der Waals surface area contributed by atoms with Gasteiger partial charge in [-0.3, -0.25) is 9.78 Å². The first-order chi connectivity index (χ1) is 9.60. The van der Waals surface area contributed by atoms with E-state index in [9.17, 15) is 4.79 Å². The Bertz CT molecular complexity index is 647. The number of carboxylic acids is 1. The number of carbonyl (C=O) groups is 1. The van der Waals surface area contributed by atoms with Crippen LogP contribution >= 0.6 is 11.8 Å². The fraction of sp³-hybridized carbons (Fsp3) is 0.500. The number of carboxylic acid groups (broad SMARTS) is 1. The van der Waals surface area contributed by atoms with Crippen LogP contribution in [0.2, 0.25) is 0 Å². The average Bonchev–Trinajstić information content (AvgIpc) is 3.00. The summed E-state index contributed by atoms with van der Waals surface area (Å²) in [7, 11) is 0. The second-order valence-electron chi connectivity index (χ2n) is 5.48. The van der Waals surface area contributed by atoms with Crippen molar-refractivity contribution >= 4 is 28.8 Å². The molecule has 2 heterocycles. The number of fused-ring (bicyclic) bond motifs is 1. The first kappa shape index (κ1) is 13.4. The average molecular weight is 291 g/mol. The molecule has 6 heteroatoms. The van der Waals surface area contributed by atoms with Crippen LogP contribution in [0, 0.1) is 0 Å². The predicted molar refractivity (Wildman–Crippen MR) is 78.0 cm³/mol. The minimum absolute atomic E-state index is 0.0346. The van der Waals surface area contributed by atoms with Crippen molar-refractivity contribution in [3.05, 3.63) is 18.5 Å². The Morgan fingerprint density at radius 3 is 2.95 bits per heavy atom. The molecular formula is C14H17N3O2S. The summed E-state index contributed by atoms with van der Waals surface area (Å²) >= 11 is 1.29. The van der Waals surface area contributed by atoms with Crippen molar-refractivity contribution in [2.75, 3.05) is 5.75 Å². The number of aromatic nitrogens is 3. The van der Waals surface area contributed by atoms with Crippen molar-refractivity contribution in [3.63, 3.8) is 0 Å². The van der Waals surface area contributed by atoms with E-state index in [0.29, 0.717) is 0 Å². The van der Waals surface area contributed by atoms with Crippen LogP contribution in [0.15, 0.2) is 23.6 Å². The fourth-order valence-electron chi connectivity index (χ4n) is 3.02. The highest BCUT2D eigenvalue weighted by molar-refractivity contribution is 7.99. The monoisotopic (exact) mass is 291 g/mol. The second kappa shape index (κ2) is 5.09. The van der Waals surface area contributed by atoms with Crippen molar-refractivity contribution in [1.82, 2.24) is 14.5 Å². The molecule has 0 spiro atoms. The van der Waals surface area contributed by atoms with E-state index in [1.165, 1.54) is 24.6 Å². The molecule has 2 aromatic rings. The first-order valence-corrected chi connectivity index (χ1v) is 7.76. The highest BCUT2D eigenvalue weighted by Crippen LogP contribution is 2.41. The van der Waals surface area contributed by atoms with Gasteiger partial charge in [-0.2, -0.15) is 0 Å². The van der Waals surface area contributed by atoms with Crippen LogP contribution in [-0.2, 0) is 10.3 Å². The molecule has 1 saturated carbocycles. The van der Waals surface area contributed by atoms with E-state index in [0.717, 1.165) is 29.0 Å². The highest BCUT2D eigenvalue weighted by atomic mass is 32.2. The van der Waals surface area contributed by atoms with Gasteiger partial charge in [-0.1, -0.05) is 24.6 Å². The Morgan fingerprint density at radius 2 is 2.25 bits per heavy atom. The molecule has 0 saturated heterocycles. The number of thioether (sulfide) groups is 1. The Labute approximate surface area is 121 Å². The Balaban J connectivity index is 2.10. The molecule has 0 amide bonds. The number of aliphatic carboxylic acids is 1. The van der Waals surface area contributed by atoms with Crippen LogP contribution < -0.4 is 0 Å². The van der Waals surface area contributed by atoms with E-state index < -0.39 is 5.97 Å². The molecule has 0 aliphatic heterocycles. The maximum atomic E-state index is 10.8. The summed E-state index contributed by atoms with van der Waals surface area (Å²) in [5.41, 5.74) is 1.93. The summed E-state index contributed by atoms with van der Waals surface area (Å²) in [4.78, 5) is 19.5. The lowest BCUT2D eigenvalue weighted by Gasteiger charge is -2.28. The maximum Gasteiger partial charge on any atom is 0.313 e. The van der Waals surface area contributed by atoms with Gasteiger partial charge in [0.05, 0.1) is 17.5 Å². The summed E-state index contributed by atoms with van der Waals surface area (Å²) in [6.07, 6.45) is 8.16. The van der Waals surface area contributed by atoms with Gasteiger partial charge in [0.15, 0.2) is 5.16 Å². The van der Waals surface area contributed by atoms with Crippen LogP contribution in [0.1, 0.15) is 32.6 Å². The van der Waals surface area contributed by atoms with Crippen molar-refractivity contribution < 1.29 is 9.90 Å². The van der Waals surface area contributed by atoms with Gasteiger partial charge in [0, 0.05) is 11.7 Å². The standard InChI is InChI=1S/C14H17N3O2S/c1-14(5-2-3-6-14)17-11-4-7-15-8-10(11)16-13(17)20-9-12(18)19/h4,7-8H,2-3,5-6,9H2,1H3,(H,18,19). The molecule has 3 rings (SSSR count). The number of nitrogens with zero attached hydrogens (tertiary/aromatic N) is 3. The van der Waals surface area contributed by atoms with E-state index in [4.69, 9.17) is 5.11 Å². The Kier molecular flexibility index (Phi) is 3.41. The van der Waals surface area contributed by atoms with Crippen molar-refractivity contribution in [1.29, 1.82) is 0 Å². The van der Waals surface area contributed by atoms with E-state index >= 15 is 0 Å². The molecule has 0 bridgehead atoms. The summed E-state index contributed by atoms with van der Waals surface area (Å²) < 4.78 is 2.23. The molecule has 1 N–H and O–H groups in total. The fourth-order valence-corrected chi connectivity index (χ4v) is 3.88. The van der Waals surface area contributed by atoms with Gasteiger partial charge in [0.2, 0.25) is 0 Å². The maximum absolute atomic E-state index is 10.8. The second-order valence-corrected chi connectivity index (χ2v) is 6.42. The number of hydrogen-bond donors (Lipinski definition) is 1. The summed E-state index contributed by atoms with van der Waals surface area (Å²) in [5.74, 6) is -0.782. The molecule has 0 aromatic carbocycles. The number of rotatable bonds is 4. The highest BCUT2D eigenvalue weighted by Gasteiger charge is 2.34. The molecule has 0 radical (unpaired) electrons. The minimum Gasteiger partial charge on any atom is -0.481 e. The van der Waals surface area contributed by atoms with Crippen LogP contribution in [-0.4, -0.2) is 31.4 Å². The summed E-state index contributed by atoms with van der Waals surface area (Å²) in [5, 5.41) is 9.69. The zero-order chi connectivity index (χ0) is 14.2. The Morgan fingerprint density at radius 1 is 1.50 bits per heavy atom. The minimum atomic E-state index is -0.816. The van der Waals surface area contributed by atoms with Crippen LogP contribution in [0.5, 0.6) is 0 Å². The summed E-state index contributed by atoms with van der Waals surface area (Å²) in [6, 6.07) is 1.97. The molecule has 1 aliphatic carbocycles. The first-order valence-electron chi connectivity index (χ1n) is 6.78. The van der Waals surface area contributed by atoms with Gasteiger partial charge >= 0.3 is 5.97 Å². The van der Waals surface area contributed by atoms with Crippen LogP contribution in [0.3, 0.4) is 0 Å². The molecular weight excluding hydrogens is 274 g/mol. The molecule has 106 valence electrons. The number of pyridine rings is 1. The Hall–Kier alpha value is -1.56. The van der Waals surface area contributed by atoms with E-state index in [1.807, 2.05) is 6.07 Å². The van der Waals surface area contributed by atoms with Gasteiger partial charge in [0.25, 0.3) is 0 Å². The van der Waals surface area contributed by atoms with E-state index in [-0.39, 0.29) is 11.3 Å². The third kappa shape index (κ3) is 2.28. The number of hydrogen-bond acceptors (Lipinski definition) is 4. The molecule has 1 aliphatic rings. The molecule has 2 aromatic heterocycles. The lowest BCUT2D eigenvalue weighted by atomic mass is 10.0. The normalized spacial score (nSPS) is 17.6. The van der Waals surface area contributed by atoms with Gasteiger partial charge in [-0.25, -0.2) is 4.98 Å². The molecule has 0 unspecified atom stereocenters. The smallest absolute Gasteiger partial charge is 0.313 e. The molecule has 1 fully saturated rings. The largest absolute Gasteiger partial charge is 0.481 e. The SMILES string of the molecule is CC1(n2c(SCC(=O)O)nc3cnccc32)CCCC1. The van der Waals surface area contributed by atoms with Gasteiger partial charge in [-0.05, 0) is 25.8 Å².